The van der Waals surface area contributed by atoms with Gasteiger partial charge in [0, 0.05) is 0 Å². The maximum absolute atomic E-state index is 10.8. The van der Waals surface area contributed by atoms with Crippen molar-refractivity contribution >= 4 is 17.6 Å². The molecule has 0 aromatic rings. The Morgan fingerprint density at radius 3 is 2.36 bits per heavy atom. The number of nitrogens with two attached hydrogens (primary N) is 3. The first-order chi connectivity index (χ1) is 6.43. The summed E-state index contributed by atoms with van der Waals surface area (Å²) >= 11 is 0. The van der Waals surface area contributed by atoms with E-state index in [1.807, 2.05) is 0 Å². The highest BCUT2D eigenvalue weighted by atomic mass is 16.3. The summed E-state index contributed by atoms with van der Waals surface area (Å²) < 4.78 is 0. The van der Waals surface area contributed by atoms with Crippen molar-refractivity contribution in [1.82, 2.24) is 0 Å². The third-order valence-corrected chi connectivity index (χ3v) is 1.76. The van der Waals surface area contributed by atoms with E-state index in [1.165, 1.54) is 0 Å². The number of hydrogen-bond donors (Lipinski definition) is 4. The van der Waals surface area contributed by atoms with E-state index in [-0.39, 0.29) is 17.8 Å². The third-order valence-electron chi connectivity index (χ3n) is 1.76. The van der Waals surface area contributed by atoms with Crippen LogP contribution in [0.4, 0.5) is 0 Å². The quantitative estimate of drug-likeness (QED) is 0.411. The van der Waals surface area contributed by atoms with Gasteiger partial charge in [0.15, 0.2) is 0 Å². The number of nitrogens with zero attached hydrogens (tertiary/aromatic N) is 1. The summed E-state index contributed by atoms with van der Waals surface area (Å²) in [4.78, 5) is 25.0. The highest BCUT2D eigenvalue weighted by Gasteiger charge is 2.30. The summed E-state index contributed by atoms with van der Waals surface area (Å²) in [7, 11) is 0. The van der Waals surface area contributed by atoms with E-state index >= 15 is 0 Å². The summed E-state index contributed by atoms with van der Waals surface area (Å²) in [6.07, 6.45) is -0.205. The summed E-state index contributed by atoms with van der Waals surface area (Å²) in [5, 5.41) is 9.41. The molecule has 1 unspecified atom stereocenters. The van der Waals surface area contributed by atoms with E-state index in [9.17, 15) is 14.7 Å². The van der Waals surface area contributed by atoms with Crippen molar-refractivity contribution in [3.05, 3.63) is 11.3 Å². The van der Waals surface area contributed by atoms with Crippen LogP contribution < -0.4 is 17.2 Å². The molecule has 7 heteroatoms. The second-order valence-electron chi connectivity index (χ2n) is 2.83. The van der Waals surface area contributed by atoms with Gasteiger partial charge in [-0.25, -0.2) is 0 Å². The van der Waals surface area contributed by atoms with Crippen molar-refractivity contribution in [2.75, 3.05) is 0 Å². The Balaban J connectivity index is 2.97. The summed E-state index contributed by atoms with van der Waals surface area (Å²) in [5.74, 6) is -2.09. The van der Waals surface area contributed by atoms with Crippen LogP contribution in [0.3, 0.4) is 0 Å². The maximum Gasteiger partial charge on any atom is 0.255 e. The van der Waals surface area contributed by atoms with Gasteiger partial charge in [0.05, 0.1) is 6.42 Å². The van der Waals surface area contributed by atoms with Crippen molar-refractivity contribution in [3.8, 4) is 0 Å². The van der Waals surface area contributed by atoms with Gasteiger partial charge in [-0.15, -0.1) is 0 Å². The molecule has 1 heterocycles. The summed E-state index contributed by atoms with van der Waals surface area (Å²) in [5.41, 5.74) is 14.9. The molecule has 1 aliphatic rings. The molecular weight excluding hydrogens is 188 g/mol. The van der Waals surface area contributed by atoms with Gasteiger partial charge < -0.3 is 22.3 Å². The lowest BCUT2D eigenvalue weighted by Crippen LogP contribution is -2.25. The monoisotopic (exact) mass is 198 g/mol. The fraction of sp³-hybridized carbons (Fsp3) is 0.286. The highest BCUT2D eigenvalue weighted by Crippen LogP contribution is 2.19. The molecule has 7 nitrogen and oxygen atoms in total. The molecule has 0 saturated carbocycles. The SMILES string of the molecule is NC(=O)CC1N=C(N)C(C(N)=O)=C1O. The first-order valence-corrected chi connectivity index (χ1v) is 3.78. The molecule has 0 radical (unpaired) electrons. The molecule has 14 heavy (non-hydrogen) atoms. The van der Waals surface area contributed by atoms with E-state index in [0.29, 0.717) is 0 Å². The predicted molar refractivity (Wildman–Crippen MR) is 48.1 cm³/mol. The van der Waals surface area contributed by atoms with Crippen molar-refractivity contribution in [2.24, 2.45) is 22.2 Å². The largest absolute Gasteiger partial charge is 0.509 e. The Hall–Kier alpha value is -2.05. The number of amides is 2. The van der Waals surface area contributed by atoms with Crippen LogP contribution in [0.5, 0.6) is 0 Å². The highest BCUT2D eigenvalue weighted by molar-refractivity contribution is 6.21. The number of aliphatic imine (C=N–C) groups is 1. The number of carbonyl (C=O) groups excluding carboxylic acids is 2. The average Bonchev–Trinajstić information content (AvgIpc) is 2.25. The zero-order valence-corrected chi connectivity index (χ0v) is 7.23. The lowest BCUT2D eigenvalue weighted by Gasteiger charge is -2.03. The molecule has 7 N–H and O–H groups in total. The van der Waals surface area contributed by atoms with Gasteiger partial charge in [0.1, 0.15) is 23.2 Å². The fourth-order valence-corrected chi connectivity index (χ4v) is 1.18. The van der Waals surface area contributed by atoms with Crippen LogP contribution >= 0.6 is 0 Å². The Labute approximate surface area is 79.3 Å². The Bertz CT molecular complexity index is 358. The minimum atomic E-state index is -0.880. The molecule has 1 aliphatic heterocycles. The third kappa shape index (κ3) is 1.65. The van der Waals surface area contributed by atoms with Gasteiger partial charge in [0.2, 0.25) is 5.91 Å². The second-order valence-corrected chi connectivity index (χ2v) is 2.83. The fourth-order valence-electron chi connectivity index (χ4n) is 1.18. The number of amidine groups is 1. The summed E-state index contributed by atoms with van der Waals surface area (Å²) in [6.45, 7) is 0. The zero-order valence-electron chi connectivity index (χ0n) is 7.23. The van der Waals surface area contributed by atoms with Crippen LogP contribution in [0.15, 0.2) is 16.3 Å². The first kappa shape index (κ1) is 10.0. The van der Waals surface area contributed by atoms with Crippen molar-refractivity contribution in [2.45, 2.75) is 12.5 Å². The molecule has 0 aromatic carbocycles. The Kier molecular flexibility index (Phi) is 2.41. The van der Waals surface area contributed by atoms with Gasteiger partial charge in [-0.3, -0.25) is 14.6 Å². The first-order valence-electron chi connectivity index (χ1n) is 3.78. The topological polar surface area (TPSA) is 145 Å². The smallest absolute Gasteiger partial charge is 0.255 e. The van der Waals surface area contributed by atoms with Gasteiger partial charge >= 0.3 is 0 Å². The number of carbonyl (C=O) groups is 2. The molecule has 1 rings (SSSR count). The molecule has 2 amide bonds. The van der Waals surface area contributed by atoms with Crippen LogP contribution in [-0.2, 0) is 9.59 Å². The zero-order chi connectivity index (χ0) is 10.9. The van der Waals surface area contributed by atoms with E-state index in [2.05, 4.69) is 4.99 Å². The maximum atomic E-state index is 10.8. The number of rotatable bonds is 3. The van der Waals surface area contributed by atoms with Crippen LogP contribution in [0, 0.1) is 0 Å². The minimum Gasteiger partial charge on any atom is -0.509 e. The van der Waals surface area contributed by atoms with Crippen molar-refractivity contribution in [3.63, 3.8) is 0 Å². The van der Waals surface area contributed by atoms with E-state index < -0.39 is 23.6 Å². The molecular formula is C7H10N4O3. The summed E-state index contributed by atoms with van der Waals surface area (Å²) in [6, 6.07) is -0.880. The average molecular weight is 198 g/mol. The molecule has 76 valence electrons. The molecule has 0 bridgehead atoms. The molecule has 0 aromatic heterocycles. The van der Waals surface area contributed by atoms with Crippen LogP contribution in [0.2, 0.25) is 0 Å². The molecule has 1 atom stereocenters. The Morgan fingerprint density at radius 1 is 1.43 bits per heavy atom. The van der Waals surface area contributed by atoms with Gasteiger partial charge in [-0.05, 0) is 0 Å². The number of aliphatic hydroxyl groups is 1. The molecule has 0 fully saturated rings. The van der Waals surface area contributed by atoms with Crippen molar-refractivity contribution < 1.29 is 14.7 Å². The van der Waals surface area contributed by atoms with Crippen LogP contribution in [0.25, 0.3) is 0 Å². The van der Waals surface area contributed by atoms with Gasteiger partial charge in [-0.2, -0.15) is 0 Å². The number of aliphatic hydroxyl groups excluding tert-OH is 1. The van der Waals surface area contributed by atoms with Gasteiger partial charge in [0.25, 0.3) is 5.91 Å². The molecule has 0 saturated heterocycles. The van der Waals surface area contributed by atoms with E-state index in [4.69, 9.17) is 17.2 Å². The number of primary amides is 2. The van der Waals surface area contributed by atoms with E-state index in [0.717, 1.165) is 0 Å². The lowest BCUT2D eigenvalue weighted by atomic mass is 10.1. The van der Waals surface area contributed by atoms with Crippen LogP contribution in [0.1, 0.15) is 6.42 Å². The normalized spacial score (nSPS) is 20.9. The standard InChI is InChI=1S/C7H10N4O3/c8-3(12)1-2-5(13)4(7(10)14)6(9)11-2/h2,13H,1H2,(H2,8,12)(H2,9,11)(H2,10,14). The van der Waals surface area contributed by atoms with Crippen molar-refractivity contribution in [1.29, 1.82) is 0 Å². The number of hydrogen-bond acceptors (Lipinski definition) is 5. The van der Waals surface area contributed by atoms with Crippen LogP contribution in [-0.4, -0.2) is 28.8 Å². The van der Waals surface area contributed by atoms with E-state index in [1.54, 1.807) is 0 Å². The van der Waals surface area contributed by atoms with Gasteiger partial charge in [-0.1, -0.05) is 0 Å². The second kappa shape index (κ2) is 3.36. The minimum absolute atomic E-state index is 0.166. The molecule has 0 spiro atoms. The predicted octanol–water partition coefficient (Wildman–Crippen LogP) is -2.10. The lowest BCUT2D eigenvalue weighted by molar-refractivity contribution is -0.118. The molecule has 0 aliphatic carbocycles. The Morgan fingerprint density at radius 2 is 2.00 bits per heavy atom.